The molecule has 18 heavy (non-hydrogen) atoms. The molecule has 0 saturated heterocycles. The first-order valence-electron chi connectivity index (χ1n) is 6.73. The van der Waals surface area contributed by atoms with E-state index in [1.807, 2.05) is 13.8 Å². The maximum Gasteiger partial charge on any atom is 0.123 e. The normalized spacial score (nSPS) is 24.2. The van der Waals surface area contributed by atoms with Crippen molar-refractivity contribution < 1.29 is 4.39 Å². The van der Waals surface area contributed by atoms with Crippen molar-refractivity contribution >= 4 is 15.9 Å². The Bertz CT molecular complexity index is 427. The summed E-state index contributed by atoms with van der Waals surface area (Å²) in [5.41, 5.74) is 3.80. The smallest absolute Gasteiger partial charge is 0.123 e. The second-order valence-corrected chi connectivity index (χ2v) is 7.33. The molecular formula is C16H22BrF. The monoisotopic (exact) mass is 312 g/mol. The van der Waals surface area contributed by atoms with Crippen molar-refractivity contribution in [3.05, 3.63) is 34.6 Å². The molecule has 2 atom stereocenters. The van der Waals surface area contributed by atoms with E-state index in [-0.39, 0.29) is 5.82 Å². The number of alkyl halides is 1. The van der Waals surface area contributed by atoms with Gasteiger partial charge in [-0.25, -0.2) is 4.39 Å². The summed E-state index contributed by atoms with van der Waals surface area (Å²) in [6, 6.07) is 3.30. The van der Waals surface area contributed by atoms with Crippen molar-refractivity contribution in [2.24, 2.45) is 11.3 Å². The molecule has 1 aromatic carbocycles. The number of halogens is 2. The molecule has 0 aliphatic heterocycles. The van der Waals surface area contributed by atoms with Gasteiger partial charge >= 0.3 is 0 Å². The molecule has 0 N–H and O–H groups in total. The van der Waals surface area contributed by atoms with Gasteiger partial charge in [-0.05, 0) is 66.8 Å². The first-order chi connectivity index (χ1) is 8.33. The van der Waals surface area contributed by atoms with Gasteiger partial charge < -0.3 is 0 Å². The van der Waals surface area contributed by atoms with Gasteiger partial charge in [0.1, 0.15) is 5.82 Å². The van der Waals surface area contributed by atoms with Crippen LogP contribution in [0.15, 0.2) is 12.1 Å². The highest BCUT2D eigenvalue weighted by molar-refractivity contribution is 9.09. The largest absolute Gasteiger partial charge is 0.207 e. The lowest BCUT2D eigenvalue weighted by atomic mass is 9.77. The van der Waals surface area contributed by atoms with Crippen LogP contribution in [0, 0.1) is 31.0 Å². The lowest BCUT2D eigenvalue weighted by Crippen LogP contribution is -2.22. The van der Waals surface area contributed by atoms with Crippen molar-refractivity contribution in [3.8, 4) is 0 Å². The minimum absolute atomic E-state index is 0.126. The van der Waals surface area contributed by atoms with E-state index in [1.165, 1.54) is 24.8 Å². The van der Waals surface area contributed by atoms with E-state index >= 15 is 0 Å². The third-order valence-electron chi connectivity index (χ3n) is 4.53. The molecule has 0 amide bonds. The summed E-state index contributed by atoms with van der Waals surface area (Å²) in [5.74, 6) is 0.513. The van der Waals surface area contributed by atoms with Crippen molar-refractivity contribution in [2.45, 2.75) is 51.8 Å². The minimum atomic E-state index is -0.126. The van der Waals surface area contributed by atoms with Gasteiger partial charge in [0.05, 0.1) is 0 Å². The SMILES string of the molecule is Cc1cc(F)cc(C)c1C(Br)C1CCCC1(C)C. The summed E-state index contributed by atoms with van der Waals surface area (Å²) in [5, 5.41) is 0. The van der Waals surface area contributed by atoms with Crippen LogP contribution in [0.2, 0.25) is 0 Å². The highest BCUT2D eigenvalue weighted by Gasteiger charge is 2.39. The maximum atomic E-state index is 13.4. The predicted octanol–water partition coefficient (Wildman–Crippen LogP) is 5.70. The third kappa shape index (κ3) is 2.49. The Morgan fingerprint density at radius 2 is 1.83 bits per heavy atom. The van der Waals surface area contributed by atoms with Crippen LogP contribution in [-0.2, 0) is 0 Å². The van der Waals surface area contributed by atoms with Crippen molar-refractivity contribution in [2.75, 3.05) is 0 Å². The molecular weight excluding hydrogens is 291 g/mol. The molecule has 1 aromatic rings. The zero-order chi connectivity index (χ0) is 13.5. The van der Waals surface area contributed by atoms with E-state index in [9.17, 15) is 4.39 Å². The van der Waals surface area contributed by atoms with Gasteiger partial charge in [0.25, 0.3) is 0 Å². The molecule has 0 radical (unpaired) electrons. The molecule has 2 rings (SSSR count). The first-order valence-corrected chi connectivity index (χ1v) is 7.65. The zero-order valence-corrected chi connectivity index (χ0v) is 13.3. The van der Waals surface area contributed by atoms with Crippen molar-refractivity contribution in [1.82, 2.24) is 0 Å². The molecule has 0 bridgehead atoms. The number of hydrogen-bond acceptors (Lipinski definition) is 0. The molecule has 2 unspecified atom stereocenters. The Balaban J connectivity index is 2.37. The topological polar surface area (TPSA) is 0 Å². The van der Waals surface area contributed by atoms with Gasteiger partial charge in [0.15, 0.2) is 0 Å². The van der Waals surface area contributed by atoms with Crippen LogP contribution in [0.1, 0.15) is 54.6 Å². The summed E-state index contributed by atoms with van der Waals surface area (Å²) in [6.07, 6.45) is 3.86. The average molecular weight is 313 g/mol. The zero-order valence-electron chi connectivity index (χ0n) is 11.7. The lowest BCUT2D eigenvalue weighted by Gasteiger charge is -2.32. The fourth-order valence-electron chi connectivity index (χ4n) is 3.45. The number of hydrogen-bond donors (Lipinski definition) is 0. The van der Waals surface area contributed by atoms with Crippen LogP contribution in [0.25, 0.3) is 0 Å². The Morgan fingerprint density at radius 3 is 2.28 bits per heavy atom. The fourth-order valence-corrected chi connectivity index (χ4v) is 5.16. The maximum absolute atomic E-state index is 13.4. The standard InChI is InChI=1S/C16H22BrF/c1-10-8-12(18)9-11(2)14(10)15(17)13-6-5-7-16(13,3)4/h8-9,13,15H,5-7H2,1-4H3. The summed E-state index contributed by atoms with van der Waals surface area (Å²) < 4.78 is 13.4. The molecule has 100 valence electrons. The third-order valence-corrected chi connectivity index (χ3v) is 5.62. The van der Waals surface area contributed by atoms with Gasteiger partial charge in [-0.2, -0.15) is 0 Å². The summed E-state index contributed by atoms with van der Waals surface area (Å²) in [4.78, 5) is 0.343. The Morgan fingerprint density at radius 1 is 1.28 bits per heavy atom. The predicted molar refractivity (Wildman–Crippen MR) is 78.7 cm³/mol. The summed E-state index contributed by atoms with van der Waals surface area (Å²) in [6.45, 7) is 8.74. The highest BCUT2D eigenvalue weighted by Crippen LogP contribution is 2.52. The molecule has 1 aliphatic carbocycles. The van der Waals surface area contributed by atoms with Gasteiger partial charge in [-0.1, -0.05) is 36.2 Å². The Kier molecular flexibility index (Phi) is 3.87. The quantitative estimate of drug-likeness (QED) is 0.614. The summed E-state index contributed by atoms with van der Waals surface area (Å²) in [7, 11) is 0. The van der Waals surface area contributed by atoms with E-state index in [1.54, 1.807) is 12.1 Å². The second kappa shape index (κ2) is 4.96. The van der Waals surface area contributed by atoms with E-state index in [2.05, 4.69) is 29.8 Å². The van der Waals surface area contributed by atoms with E-state index in [4.69, 9.17) is 0 Å². The molecule has 0 heterocycles. The molecule has 0 nitrogen and oxygen atoms in total. The summed E-state index contributed by atoms with van der Waals surface area (Å²) >= 11 is 3.89. The van der Waals surface area contributed by atoms with Gasteiger partial charge in [-0.3, -0.25) is 0 Å². The highest BCUT2D eigenvalue weighted by atomic mass is 79.9. The molecule has 0 aromatic heterocycles. The van der Waals surface area contributed by atoms with Crippen molar-refractivity contribution in [3.63, 3.8) is 0 Å². The molecule has 1 saturated carbocycles. The van der Waals surface area contributed by atoms with Gasteiger partial charge in [-0.15, -0.1) is 0 Å². The van der Waals surface area contributed by atoms with Crippen LogP contribution < -0.4 is 0 Å². The van der Waals surface area contributed by atoms with E-state index < -0.39 is 0 Å². The van der Waals surface area contributed by atoms with Crippen LogP contribution in [0.5, 0.6) is 0 Å². The number of rotatable bonds is 2. The second-order valence-electron chi connectivity index (χ2n) is 6.34. The number of benzene rings is 1. The Labute approximate surface area is 118 Å². The number of aryl methyl sites for hydroxylation is 2. The van der Waals surface area contributed by atoms with Crippen LogP contribution in [0.3, 0.4) is 0 Å². The lowest BCUT2D eigenvalue weighted by molar-refractivity contribution is 0.256. The van der Waals surface area contributed by atoms with Crippen LogP contribution in [-0.4, -0.2) is 0 Å². The van der Waals surface area contributed by atoms with Crippen molar-refractivity contribution in [1.29, 1.82) is 0 Å². The van der Waals surface area contributed by atoms with Gasteiger partial charge in [0.2, 0.25) is 0 Å². The average Bonchev–Trinajstić information content (AvgIpc) is 2.56. The van der Waals surface area contributed by atoms with Crippen LogP contribution >= 0.6 is 15.9 Å². The fraction of sp³-hybridized carbons (Fsp3) is 0.625. The molecule has 1 aliphatic rings. The van der Waals surface area contributed by atoms with Crippen LogP contribution in [0.4, 0.5) is 4.39 Å². The van der Waals surface area contributed by atoms with E-state index in [0.29, 0.717) is 16.2 Å². The minimum Gasteiger partial charge on any atom is -0.207 e. The molecule has 0 spiro atoms. The molecule has 2 heteroatoms. The first kappa shape index (κ1) is 14.0. The van der Waals surface area contributed by atoms with E-state index in [0.717, 1.165) is 11.1 Å². The van der Waals surface area contributed by atoms with Gasteiger partial charge in [0, 0.05) is 4.83 Å². The Hall–Kier alpha value is -0.370. The molecule has 1 fully saturated rings.